The molecule has 0 aromatic heterocycles. The molecule has 0 aromatic rings. The van der Waals surface area contributed by atoms with Crippen LogP contribution in [0.3, 0.4) is 0 Å². The van der Waals surface area contributed by atoms with Crippen LogP contribution in [0.25, 0.3) is 0 Å². The maximum atomic E-state index is 11.2. The molecule has 0 spiro atoms. The van der Waals surface area contributed by atoms with E-state index in [0.29, 0.717) is 19.6 Å². The number of carbonyl (C=O) groups is 1. The molecular weight excluding hydrogens is 210 g/mol. The summed E-state index contributed by atoms with van der Waals surface area (Å²) in [6.45, 7) is 2.50. The first-order chi connectivity index (χ1) is 6.11. The summed E-state index contributed by atoms with van der Waals surface area (Å²) >= 11 is 0. The van der Waals surface area contributed by atoms with Gasteiger partial charge in [-0.25, -0.2) is 0 Å². The van der Waals surface area contributed by atoms with Crippen molar-refractivity contribution in [2.24, 2.45) is 5.73 Å². The van der Waals surface area contributed by atoms with Crippen LogP contribution in [0.1, 0.15) is 13.3 Å². The Bertz CT molecular complexity index is 182. The molecule has 0 unspecified atom stereocenters. The van der Waals surface area contributed by atoms with Crippen LogP contribution in [0.2, 0.25) is 0 Å². The number of aliphatic hydroxyl groups is 1. The SMILES string of the molecule is C[C@H](O)[C@H](N)C(=O)O[C@@H]1CCOC1.Cl. The van der Waals surface area contributed by atoms with Crippen LogP contribution < -0.4 is 5.73 Å². The second-order valence-corrected chi connectivity index (χ2v) is 3.19. The molecule has 1 aliphatic rings. The Morgan fingerprint density at radius 3 is 2.79 bits per heavy atom. The lowest BCUT2D eigenvalue weighted by molar-refractivity contribution is -0.153. The number of hydrogen-bond donors (Lipinski definition) is 2. The summed E-state index contributed by atoms with van der Waals surface area (Å²) in [5.41, 5.74) is 5.37. The van der Waals surface area contributed by atoms with E-state index in [1.807, 2.05) is 0 Å². The Morgan fingerprint density at radius 2 is 2.36 bits per heavy atom. The summed E-state index contributed by atoms with van der Waals surface area (Å²) in [4.78, 5) is 11.2. The number of aliphatic hydroxyl groups excluding tert-OH is 1. The molecule has 84 valence electrons. The van der Waals surface area contributed by atoms with Crippen LogP contribution in [0.5, 0.6) is 0 Å². The number of nitrogens with two attached hydrogens (primary N) is 1. The molecule has 6 heteroatoms. The predicted molar refractivity (Wildman–Crippen MR) is 52.2 cm³/mol. The van der Waals surface area contributed by atoms with Crippen molar-refractivity contribution in [3.05, 3.63) is 0 Å². The summed E-state index contributed by atoms with van der Waals surface area (Å²) in [5.74, 6) is -0.564. The van der Waals surface area contributed by atoms with Crippen LogP contribution in [0.15, 0.2) is 0 Å². The Morgan fingerprint density at radius 1 is 1.71 bits per heavy atom. The second kappa shape index (κ2) is 6.19. The first kappa shape index (κ1) is 13.6. The van der Waals surface area contributed by atoms with Gasteiger partial charge in [0.15, 0.2) is 0 Å². The Labute approximate surface area is 89.0 Å². The summed E-state index contributed by atoms with van der Waals surface area (Å²) in [5, 5.41) is 9.01. The van der Waals surface area contributed by atoms with Crippen molar-refractivity contribution < 1.29 is 19.4 Å². The van der Waals surface area contributed by atoms with Crippen LogP contribution in [-0.2, 0) is 14.3 Å². The topological polar surface area (TPSA) is 81.8 Å². The zero-order valence-corrected chi connectivity index (χ0v) is 8.83. The Hall–Kier alpha value is -0.360. The monoisotopic (exact) mass is 225 g/mol. The van der Waals surface area contributed by atoms with E-state index in [1.54, 1.807) is 0 Å². The molecular formula is C8H16ClNO4. The molecule has 0 radical (unpaired) electrons. The highest BCUT2D eigenvalue weighted by atomic mass is 35.5. The highest BCUT2D eigenvalue weighted by Gasteiger charge is 2.25. The highest BCUT2D eigenvalue weighted by molar-refractivity contribution is 5.85. The van der Waals surface area contributed by atoms with Crippen molar-refractivity contribution in [1.29, 1.82) is 0 Å². The van der Waals surface area contributed by atoms with Crippen LogP contribution in [0, 0.1) is 0 Å². The molecule has 3 N–H and O–H groups in total. The van der Waals surface area contributed by atoms with Crippen molar-refractivity contribution in [3.8, 4) is 0 Å². The largest absolute Gasteiger partial charge is 0.459 e. The van der Waals surface area contributed by atoms with E-state index in [0.717, 1.165) is 0 Å². The first-order valence-electron chi connectivity index (χ1n) is 4.33. The van der Waals surface area contributed by atoms with Crippen molar-refractivity contribution in [1.82, 2.24) is 0 Å². The van der Waals surface area contributed by atoms with E-state index >= 15 is 0 Å². The third kappa shape index (κ3) is 3.79. The van der Waals surface area contributed by atoms with Crippen LogP contribution in [-0.4, -0.2) is 42.5 Å². The minimum absolute atomic E-state index is 0. The molecule has 0 aromatic carbocycles. The molecule has 1 saturated heterocycles. The molecule has 0 amide bonds. The fourth-order valence-electron chi connectivity index (χ4n) is 1.05. The zero-order chi connectivity index (χ0) is 9.84. The Balaban J connectivity index is 0.00000169. The fourth-order valence-corrected chi connectivity index (χ4v) is 1.05. The number of esters is 1. The molecule has 14 heavy (non-hydrogen) atoms. The van der Waals surface area contributed by atoms with Gasteiger partial charge in [0.1, 0.15) is 12.1 Å². The molecule has 0 bridgehead atoms. The van der Waals surface area contributed by atoms with Gasteiger partial charge in [0, 0.05) is 6.42 Å². The van der Waals surface area contributed by atoms with Gasteiger partial charge in [-0.15, -0.1) is 12.4 Å². The third-order valence-electron chi connectivity index (χ3n) is 1.96. The summed E-state index contributed by atoms with van der Waals surface area (Å²) < 4.78 is 10.0. The second-order valence-electron chi connectivity index (χ2n) is 3.19. The van der Waals surface area contributed by atoms with E-state index < -0.39 is 18.1 Å². The molecule has 1 fully saturated rings. The van der Waals surface area contributed by atoms with E-state index in [4.69, 9.17) is 20.3 Å². The normalized spacial score (nSPS) is 24.9. The minimum Gasteiger partial charge on any atom is -0.459 e. The first-order valence-corrected chi connectivity index (χ1v) is 4.33. The molecule has 1 aliphatic heterocycles. The average molecular weight is 226 g/mol. The lowest BCUT2D eigenvalue weighted by atomic mass is 10.2. The van der Waals surface area contributed by atoms with Gasteiger partial charge in [-0.1, -0.05) is 0 Å². The van der Waals surface area contributed by atoms with Crippen molar-refractivity contribution in [2.45, 2.75) is 31.6 Å². The molecule has 0 aliphatic carbocycles. The standard InChI is InChI=1S/C8H15NO4.ClH/c1-5(10)7(9)8(11)13-6-2-3-12-4-6;/h5-7,10H,2-4,9H2,1H3;1H/t5-,6+,7-;/m0./s1. The van der Waals surface area contributed by atoms with E-state index in [1.165, 1.54) is 6.92 Å². The summed E-state index contributed by atoms with van der Waals surface area (Å²) in [7, 11) is 0. The van der Waals surface area contributed by atoms with Gasteiger partial charge in [-0.05, 0) is 6.92 Å². The molecule has 5 nitrogen and oxygen atoms in total. The Kier molecular flexibility index (Phi) is 6.03. The molecule has 3 atom stereocenters. The van der Waals surface area contributed by atoms with Crippen molar-refractivity contribution in [3.63, 3.8) is 0 Å². The van der Waals surface area contributed by atoms with Gasteiger partial charge in [-0.2, -0.15) is 0 Å². The average Bonchev–Trinajstić information content (AvgIpc) is 2.55. The van der Waals surface area contributed by atoms with Crippen molar-refractivity contribution >= 4 is 18.4 Å². The number of rotatable bonds is 3. The van der Waals surface area contributed by atoms with Crippen molar-refractivity contribution in [2.75, 3.05) is 13.2 Å². The fraction of sp³-hybridized carbons (Fsp3) is 0.875. The number of carbonyl (C=O) groups excluding carboxylic acids is 1. The smallest absolute Gasteiger partial charge is 0.325 e. The van der Waals surface area contributed by atoms with Gasteiger partial charge in [-0.3, -0.25) is 4.79 Å². The zero-order valence-electron chi connectivity index (χ0n) is 8.01. The number of hydrogen-bond acceptors (Lipinski definition) is 5. The summed E-state index contributed by atoms with van der Waals surface area (Å²) in [6, 6.07) is -0.958. The van der Waals surface area contributed by atoms with E-state index in [2.05, 4.69) is 0 Å². The lowest BCUT2D eigenvalue weighted by Crippen LogP contribution is -2.42. The third-order valence-corrected chi connectivity index (χ3v) is 1.96. The van der Waals surface area contributed by atoms with Gasteiger partial charge in [0.05, 0.1) is 19.3 Å². The molecule has 1 heterocycles. The lowest BCUT2D eigenvalue weighted by Gasteiger charge is -2.16. The quantitative estimate of drug-likeness (QED) is 0.630. The minimum atomic E-state index is -0.958. The molecule has 0 saturated carbocycles. The summed E-state index contributed by atoms with van der Waals surface area (Å²) in [6.07, 6.45) is -0.370. The van der Waals surface area contributed by atoms with Gasteiger partial charge >= 0.3 is 5.97 Å². The maximum Gasteiger partial charge on any atom is 0.325 e. The molecule has 1 rings (SSSR count). The number of ether oxygens (including phenoxy) is 2. The maximum absolute atomic E-state index is 11.2. The highest BCUT2D eigenvalue weighted by Crippen LogP contribution is 2.09. The predicted octanol–water partition coefficient (Wildman–Crippen LogP) is -0.552. The van der Waals surface area contributed by atoms with Gasteiger partial charge in [0.2, 0.25) is 0 Å². The number of halogens is 1. The van der Waals surface area contributed by atoms with E-state index in [-0.39, 0.29) is 18.5 Å². The van der Waals surface area contributed by atoms with E-state index in [9.17, 15) is 4.79 Å². The van der Waals surface area contributed by atoms with Gasteiger partial charge < -0.3 is 20.3 Å². The van der Waals surface area contributed by atoms with Gasteiger partial charge in [0.25, 0.3) is 0 Å². The van der Waals surface area contributed by atoms with Crippen LogP contribution in [0.4, 0.5) is 0 Å². The van der Waals surface area contributed by atoms with Crippen LogP contribution >= 0.6 is 12.4 Å².